The lowest BCUT2D eigenvalue weighted by molar-refractivity contribution is 0.0342. The van der Waals surface area contributed by atoms with E-state index in [1.165, 1.54) is 154 Å². The zero-order valence-corrected chi connectivity index (χ0v) is 33.0. The second-order valence-electron chi connectivity index (χ2n) is 14.0. The highest BCUT2D eigenvalue weighted by Crippen LogP contribution is 2.11. The fourth-order valence-electron chi connectivity index (χ4n) is 5.75. The van der Waals surface area contributed by atoms with Gasteiger partial charge in [0.15, 0.2) is 0 Å². The number of unbranched alkanes of at least 4 members (excludes halogenated alkanes) is 18. The van der Waals surface area contributed by atoms with Crippen LogP contribution in [0.4, 0.5) is 0 Å². The minimum absolute atomic E-state index is 0.700. The van der Waals surface area contributed by atoms with Crippen molar-refractivity contribution >= 4 is 0 Å². The molecule has 0 rings (SSSR count). The standard InChI is InChI=1S/C44H84N2O2/c1-5-7-9-11-13-15-17-19-21-23-25-27-29-31-33-35-37-46(40-42-48-44-43-47-41-39-45(3)4)38-36-34-32-30-28-26-24-22-20-18-16-14-12-10-8-6-2/h13-16,19-22H,5-12,17-18,23-44H2,1-4H3/b15-13-,16-14-,21-19-,22-20-. The molecule has 0 saturated carbocycles. The number of hydrogen-bond acceptors (Lipinski definition) is 4. The maximum Gasteiger partial charge on any atom is 0.0701 e. The molecule has 0 bridgehead atoms. The molecule has 0 radical (unpaired) electrons. The Bertz CT molecular complexity index is 667. The van der Waals surface area contributed by atoms with E-state index in [1.807, 2.05) is 0 Å². The van der Waals surface area contributed by atoms with Crippen LogP contribution in [-0.4, -0.2) is 76.5 Å². The highest BCUT2D eigenvalue weighted by Gasteiger charge is 2.05. The maximum atomic E-state index is 5.94. The van der Waals surface area contributed by atoms with Crippen molar-refractivity contribution in [2.45, 2.75) is 168 Å². The van der Waals surface area contributed by atoms with Crippen molar-refractivity contribution in [3.05, 3.63) is 48.6 Å². The summed E-state index contributed by atoms with van der Waals surface area (Å²) in [5.41, 5.74) is 0. The number of rotatable bonds is 39. The van der Waals surface area contributed by atoms with Crippen LogP contribution in [0.5, 0.6) is 0 Å². The summed E-state index contributed by atoms with van der Waals surface area (Å²) in [4.78, 5) is 4.82. The lowest BCUT2D eigenvalue weighted by Crippen LogP contribution is -2.30. The van der Waals surface area contributed by atoms with Crippen molar-refractivity contribution in [3.8, 4) is 0 Å². The summed E-state index contributed by atoms with van der Waals surface area (Å²) in [7, 11) is 4.16. The second-order valence-corrected chi connectivity index (χ2v) is 14.0. The van der Waals surface area contributed by atoms with E-state index in [4.69, 9.17) is 9.47 Å². The molecule has 4 heteroatoms. The molecular weight excluding hydrogens is 588 g/mol. The molecule has 0 aliphatic carbocycles. The molecule has 0 saturated heterocycles. The largest absolute Gasteiger partial charge is 0.378 e. The van der Waals surface area contributed by atoms with Crippen molar-refractivity contribution in [1.82, 2.24) is 9.80 Å². The van der Waals surface area contributed by atoms with E-state index in [0.717, 1.165) is 39.1 Å². The van der Waals surface area contributed by atoms with Gasteiger partial charge in [0.25, 0.3) is 0 Å². The van der Waals surface area contributed by atoms with Crippen LogP contribution in [0.2, 0.25) is 0 Å². The van der Waals surface area contributed by atoms with Crippen molar-refractivity contribution in [3.63, 3.8) is 0 Å². The Balaban J connectivity index is 4.00. The molecule has 0 heterocycles. The monoisotopic (exact) mass is 673 g/mol. The Morgan fingerprint density at radius 2 is 0.708 bits per heavy atom. The summed E-state index contributed by atoms with van der Waals surface area (Å²) < 4.78 is 11.6. The molecule has 0 unspecified atom stereocenters. The van der Waals surface area contributed by atoms with E-state index in [1.54, 1.807) is 0 Å². The summed E-state index contributed by atoms with van der Waals surface area (Å²) in [6.45, 7) is 12.0. The molecule has 0 spiro atoms. The second kappa shape index (κ2) is 42.0. The third-order valence-electron chi connectivity index (χ3n) is 8.96. The van der Waals surface area contributed by atoms with Crippen LogP contribution in [0.25, 0.3) is 0 Å². The summed E-state index contributed by atoms with van der Waals surface area (Å²) in [5, 5.41) is 0. The van der Waals surface area contributed by atoms with Crippen LogP contribution in [0.3, 0.4) is 0 Å². The Morgan fingerprint density at radius 3 is 1.10 bits per heavy atom. The average Bonchev–Trinajstić information content (AvgIpc) is 3.08. The molecule has 0 aromatic carbocycles. The van der Waals surface area contributed by atoms with Gasteiger partial charge >= 0.3 is 0 Å². The number of nitrogens with zero attached hydrogens (tertiary/aromatic N) is 2. The molecule has 0 aromatic rings. The van der Waals surface area contributed by atoms with Gasteiger partial charge in [0, 0.05) is 13.1 Å². The number of hydrogen-bond donors (Lipinski definition) is 0. The third kappa shape index (κ3) is 41.0. The van der Waals surface area contributed by atoms with E-state index in [-0.39, 0.29) is 0 Å². The van der Waals surface area contributed by atoms with Crippen molar-refractivity contribution in [1.29, 1.82) is 0 Å². The lowest BCUT2D eigenvalue weighted by atomic mass is 10.1. The highest BCUT2D eigenvalue weighted by atomic mass is 16.5. The molecule has 282 valence electrons. The quantitative estimate of drug-likeness (QED) is 0.0479. The van der Waals surface area contributed by atoms with Gasteiger partial charge in [-0.1, -0.05) is 140 Å². The predicted octanol–water partition coefficient (Wildman–Crippen LogP) is 12.5. The molecule has 0 aliphatic rings. The lowest BCUT2D eigenvalue weighted by Gasteiger charge is -2.22. The molecule has 48 heavy (non-hydrogen) atoms. The first-order valence-corrected chi connectivity index (χ1v) is 20.8. The molecule has 0 N–H and O–H groups in total. The highest BCUT2D eigenvalue weighted by molar-refractivity contribution is 4.93. The number of likely N-dealkylation sites (N-methyl/N-ethyl adjacent to an activating group) is 1. The normalized spacial score (nSPS) is 12.5. The third-order valence-corrected chi connectivity index (χ3v) is 8.96. The summed E-state index contributed by atoms with van der Waals surface area (Å²) >= 11 is 0. The van der Waals surface area contributed by atoms with Crippen LogP contribution >= 0.6 is 0 Å². The van der Waals surface area contributed by atoms with E-state index in [9.17, 15) is 0 Å². The van der Waals surface area contributed by atoms with Crippen molar-refractivity contribution in [2.24, 2.45) is 0 Å². The number of allylic oxidation sites excluding steroid dienone is 8. The van der Waals surface area contributed by atoms with Crippen molar-refractivity contribution < 1.29 is 9.47 Å². The zero-order valence-electron chi connectivity index (χ0n) is 33.0. The van der Waals surface area contributed by atoms with Gasteiger partial charge < -0.3 is 19.3 Å². The van der Waals surface area contributed by atoms with Gasteiger partial charge in [0.2, 0.25) is 0 Å². The van der Waals surface area contributed by atoms with Gasteiger partial charge in [-0.3, -0.25) is 0 Å². The SMILES string of the molecule is CCCCC/C=C\C/C=C\CCCCCCCCN(CCCCCCCC/C=C\C/C=C\CCCCC)CCOCCOCCN(C)C. The fourth-order valence-corrected chi connectivity index (χ4v) is 5.75. The molecule has 0 aliphatic heterocycles. The van der Waals surface area contributed by atoms with E-state index >= 15 is 0 Å². The average molecular weight is 673 g/mol. The Labute approximate surface area is 301 Å². The maximum absolute atomic E-state index is 5.94. The van der Waals surface area contributed by atoms with Gasteiger partial charge in [-0.25, -0.2) is 0 Å². The van der Waals surface area contributed by atoms with Gasteiger partial charge in [-0.2, -0.15) is 0 Å². The summed E-state index contributed by atoms with van der Waals surface area (Å²) in [6.07, 6.45) is 50.4. The van der Waals surface area contributed by atoms with Gasteiger partial charge in [-0.15, -0.1) is 0 Å². The minimum atomic E-state index is 0.700. The first-order chi connectivity index (χ1) is 23.7. The van der Waals surface area contributed by atoms with Crippen molar-refractivity contribution in [2.75, 3.05) is 66.7 Å². The summed E-state index contributed by atoms with van der Waals surface area (Å²) in [5.74, 6) is 0. The van der Waals surface area contributed by atoms with E-state index < -0.39 is 0 Å². The van der Waals surface area contributed by atoms with Gasteiger partial charge in [0.05, 0.1) is 26.4 Å². The smallest absolute Gasteiger partial charge is 0.0701 e. The van der Waals surface area contributed by atoms with Gasteiger partial charge in [0.1, 0.15) is 0 Å². The van der Waals surface area contributed by atoms with Crippen LogP contribution in [-0.2, 0) is 9.47 Å². The summed E-state index contributed by atoms with van der Waals surface area (Å²) in [6, 6.07) is 0. The topological polar surface area (TPSA) is 24.9 Å². The van der Waals surface area contributed by atoms with E-state index in [0.29, 0.717) is 13.2 Å². The molecule has 0 atom stereocenters. The Morgan fingerprint density at radius 1 is 0.354 bits per heavy atom. The molecule has 4 nitrogen and oxygen atoms in total. The zero-order chi connectivity index (χ0) is 34.9. The van der Waals surface area contributed by atoms with Crippen LogP contribution < -0.4 is 0 Å². The molecule has 0 amide bonds. The minimum Gasteiger partial charge on any atom is -0.378 e. The Hall–Kier alpha value is -1.20. The van der Waals surface area contributed by atoms with Crippen LogP contribution in [0, 0.1) is 0 Å². The number of ether oxygens (including phenoxy) is 2. The molecular formula is C44H84N2O2. The van der Waals surface area contributed by atoms with Gasteiger partial charge in [-0.05, 0) is 104 Å². The van der Waals surface area contributed by atoms with Crippen LogP contribution in [0.1, 0.15) is 168 Å². The predicted molar refractivity (Wildman–Crippen MR) is 215 cm³/mol. The molecule has 0 aromatic heterocycles. The molecule has 0 fully saturated rings. The fraction of sp³-hybridized carbons (Fsp3) is 0.818. The first kappa shape index (κ1) is 46.8. The first-order valence-electron chi connectivity index (χ1n) is 20.8. The van der Waals surface area contributed by atoms with Crippen LogP contribution in [0.15, 0.2) is 48.6 Å². The van der Waals surface area contributed by atoms with E-state index in [2.05, 4.69) is 86.4 Å². The Kier molecular flexibility index (Phi) is 40.9.